The summed E-state index contributed by atoms with van der Waals surface area (Å²) < 4.78 is 10.7. The SMILES string of the molecule is O=c1[nH]c2cc(Cl)cc(/C=C/CCP(=O)(O)O)c2[nH]c1=O. The molecule has 9 heteroatoms. The van der Waals surface area contributed by atoms with E-state index in [1.54, 1.807) is 18.2 Å². The minimum atomic E-state index is -4.04. The molecule has 0 bridgehead atoms. The van der Waals surface area contributed by atoms with Crippen molar-refractivity contribution >= 4 is 36.3 Å². The van der Waals surface area contributed by atoms with Crippen LogP contribution in [0.15, 0.2) is 27.8 Å². The summed E-state index contributed by atoms with van der Waals surface area (Å²) in [5, 5.41) is 0.361. The number of benzene rings is 1. The molecule has 0 saturated carbocycles. The van der Waals surface area contributed by atoms with Crippen molar-refractivity contribution < 1.29 is 14.4 Å². The van der Waals surface area contributed by atoms with E-state index >= 15 is 0 Å². The molecule has 0 aliphatic heterocycles. The molecule has 0 fully saturated rings. The summed E-state index contributed by atoms with van der Waals surface area (Å²) in [5.41, 5.74) is -0.245. The maximum absolute atomic E-state index is 11.4. The highest BCUT2D eigenvalue weighted by Crippen LogP contribution is 2.35. The molecule has 0 atom stereocenters. The highest BCUT2D eigenvalue weighted by molar-refractivity contribution is 7.51. The maximum Gasteiger partial charge on any atom is 0.325 e. The third kappa shape index (κ3) is 4.15. The standard InChI is InChI=1S/C12H12ClN2O5P/c13-8-5-7(3-1-2-4-21(18,19)20)10-9(6-8)14-11(16)12(17)15-10/h1,3,5-6H,2,4H2,(H,14,16)(H,15,17)(H2,18,19,20)/b3-1+. The van der Waals surface area contributed by atoms with E-state index in [4.69, 9.17) is 21.4 Å². The second-order valence-electron chi connectivity index (χ2n) is 4.41. The molecule has 1 aromatic carbocycles. The lowest BCUT2D eigenvalue weighted by molar-refractivity contribution is 0.373. The number of fused-ring (bicyclic) bond motifs is 1. The number of hydrogen-bond donors (Lipinski definition) is 4. The number of allylic oxidation sites excluding steroid dienone is 1. The number of hydrogen-bond acceptors (Lipinski definition) is 3. The highest BCUT2D eigenvalue weighted by Gasteiger charge is 2.10. The molecule has 0 aliphatic rings. The van der Waals surface area contributed by atoms with Crippen molar-refractivity contribution in [1.82, 2.24) is 9.97 Å². The monoisotopic (exact) mass is 330 g/mol. The van der Waals surface area contributed by atoms with Gasteiger partial charge in [-0.2, -0.15) is 0 Å². The zero-order valence-corrected chi connectivity index (χ0v) is 12.3. The Hall–Kier alpha value is -1.66. The normalized spacial score (nSPS) is 12.3. The Labute approximate surface area is 123 Å². The summed E-state index contributed by atoms with van der Waals surface area (Å²) in [6, 6.07) is 3.08. The van der Waals surface area contributed by atoms with Gasteiger partial charge in [0, 0.05) is 10.6 Å². The molecule has 4 N–H and O–H groups in total. The van der Waals surface area contributed by atoms with Crippen molar-refractivity contribution in [2.24, 2.45) is 0 Å². The summed E-state index contributed by atoms with van der Waals surface area (Å²) in [4.78, 5) is 45.0. The summed E-state index contributed by atoms with van der Waals surface area (Å²) >= 11 is 5.93. The third-order valence-electron chi connectivity index (χ3n) is 2.71. The maximum atomic E-state index is 11.4. The smallest absolute Gasteiger partial charge is 0.324 e. The summed E-state index contributed by atoms with van der Waals surface area (Å²) in [6.07, 6.45) is 3.05. The van der Waals surface area contributed by atoms with Crippen LogP contribution in [-0.4, -0.2) is 25.9 Å². The molecular formula is C12H12ClN2O5P. The first-order valence-electron chi connectivity index (χ1n) is 5.93. The van der Waals surface area contributed by atoms with Crippen LogP contribution >= 0.6 is 19.2 Å². The summed E-state index contributed by atoms with van der Waals surface area (Å²) in [5.74, 6) is 0. The van der Waals surface area contributed by atoms with E-state index in [0.29, 0.717) is 21.6 Å². The molecule has 2 rings (SSSR count). The fourth-order valence-corrected chi connectivity index (χ4v) is 2.51. The van der Waals surface area contributed by atoms with Gasteiger partial charge in [-0.15, -0.1) is 0 Å². The van der Waals surface area contributed by atoms with E-state index in [-0.39, 0.29) is 12.6 Å². The van der Waals surface area contributed by atoms with Gasteiger partial charge in [-0.3, -0.25) is 14.2 Å². The van der Waals surface area contributed by atoms with Gasteiger partial charge in [0.05, 0.1) is 17.2 Å². The molecule has 0 aliphatic carbocycles. The predicted molar refractivity (Wildman–Crippen MR) is 80.8 cm³/mol. The van der Waals surface area contributed by atoms with E-state index in [0.717, 1.165) is 0 Å². The quantitative estimate of drug-likeness (QED) is 0.499. The topological polar surface area (TPSA) is 123 Å². The molecule has 2 aromatic rings. The average Bonchev–Trinajstić information content (AvgIpc) is 2.35. The first-order valence-corrected chi connectivity index (χ1v) is 8.11. The van der Waals surface area contributed by atoms with Crippen LogP contribution in [0, 0.1) is 0 Å². The number of rotatable bonds is 4. The Morgan fingerprint density at radius 1 is 1.19 bits per heavy atom. The second kappa shape index (κ2) is 5.99. The minimum Gasteiger partial charge on any atom is -0.324 e. The lowest BCUT2D eigenvalue weighted by Gasteiger charge is -2.03. The van der Waals surface area contributed by atoms with E-state index in [9.17, 15) is 14.2 Å². The van der Waals surface area contributed by atoms with Gasteiger partial charge in [0.1, 0.15) is 0 Å². The van der Waals surface area contributed by atoms with Crippen molar-refractivity contribution in [3.05, 3.63) is 49.5 Å². The number of halogens is 1. The molecule has 0 unspecified atom stereocenters. The zero-order chi connectivity index (χ0) is 15.6. The van der Waals surface area contributed by atoms with Crippen molar-refractivity contribution in [3.8, 4) is 0 Å². The first kappa shape index (κ1) is 15.7. The van der Waals surface area contributed by atoms with Crippen LogP contribution in [0.4, 0.5) is 0 Å². The van der Waals surface area contributed by atoms with Gasteiger partial charge in [0.2, 0.25) is 0 Å². The van der Waals surface area contributed by atoms with Gasteiger partial charge in [-0.1, -0.05) is 23.8 Å². The largest absolute Gasteiger partial charge is 0.325 e. The highest BCUT2D eigenvalue weighted by atomic mass is 35.5. The fourth-order valence-electron chi connectivity index (χ4n) is 1.80. The molecule has 0 saturated heterocycles. The summed E-state index contributed by atoms with van der Waals surface area (Å²) in [7, 11) is -4.04. The van der Waals surface area contributed by atoms with Gasteiger partial charge in [-0.25, -0.2) is 0 Å². The van der Waals surface area contributed by atoms with E-state index in [1.807, 2.05) is 0 Å². The molecule has 21 heavy (non-hydrogen) atoms. The van der Waals surface area contributed by atoms with Crippen molar-refractivity contribution in [2.45, 2.75) is 6.42 Å². The van der Waals surface area contributed by atoms with Gasteiger partial charge in [0.25, 0.3) is 0 Å². The third-order valence-corrected chi connectivity index (χ3v) is 3.77. The Kier molecular flexibility index (Phi) is 4.49. The van der Waals surface area contributed by atoms with Gasteiger partial charge in [0.15, 0.2) is 0 Å². The Balaban J connectivity index is 2.41. The molecule has 0 radical (unpaired) electrons. The van der Waals surface area contributed by atoms with Gasteiger partial charge >= 0.3 is 18.7 Å². The van der Waals surface area contributed by atoms with Gasteiger partial charge < -0.3 is 19.8 Å². The van der Waals surface area contributed by atoms with Crippen molar-refractivity contribution in [3.63, 3.8) is 0 Å². The minimum absolute atomic E-state index is 0.172. The fraction of sp³-hybridized carbons (Fsp3) is 0.167. The molecule has 7 nitrogen and oxygen atoms in total. The van der Waals surface area contributed by atoms with Crippen molar-refractivity contribution in [1.29, 1.82) is 0 Å². The zero-order valence-electron chi connectivity index (χ0n) is 10.7. The first-order chi connectivity index (χ1) is 9.76. The Bertz CT molecular complexity index is 864. The lowest BCUT2D eigenvalue weighted by atomic mass is 10.1. The summed E-state index contributed by atoms with van der Waals surface area (Å²) in [6.45, 7) is 0. The Morgan fingerprint density at radius 3 is 2.52 bits per heavy atom. The number of aromatic amines is 2. The van der Waals surface area contributed by atoms with Crippen LogP contribution in [0.5, 0.6) is 0 Å². The number of H-pyrrole nitrogens is 2. The van der Waals surface area contributed by atoms with Crippen LogP contribution in [0.25, 0.3) is 17.1 Å². The molecule has 1 aromatic heterocycles. The predicted octanol–water partition coefficient (Wildman–Crippen LogP) is 1.45. The number of aromatic nitrogens is 2. The average molecular weight is 331 g/mol. The Morgan fingerprint density at radius 2 is 1.86 bits per heavy atom. The lowest BCUT2D eigenvalue weighted by Crippen LogP contribution is -2.29. The van der Waals surface area contributed by atoms with Crippen LogP contribution in [0.2, 0.25) is 5.02 Å². The molecule has 0 amide bonds. The second-order valence-corrected chi connectivity index (χ2v) is 6.62. The van der Waals surface area contributed by atoms with E-state index < -0.39 is 18.7 Å². The van der Waals surface area contributed by atoms with Gasteiger partial charge in [-0.05, 0) is 18.6 Å². The molecule has 112 valence electrons. The van der Waals surface area contributed by atoms with Crippen LogP contribution in [0.1, 0.15) is 12.0 Å². The van der Waals surface area contributed by atoms with Crippen LogP contribution in [0.3, 0.4) is 0 Å². The van der Waals surface area contributed by atoms with E-state index in [2.05, 4.69) is 9.97 Å². The molecule has 0 spiro atoms. The van der Waals surface area contributed by atoms with Crippen LogP contribution in [-0.2, 0) is 4.57 Å². The molecule has 1 heterocycles. The van der Waals surface area contributed by atoms with E-state index in [1.165, 1.54) is 6.07 Å². The number of nitrogens with one attached hydrogen (secondary N) is 2. The molecular weight excluding hydrogens is 319 g/mol. The van der Waals surface area contributed by atoms with Crippen molar-refractivity contribution in [2.75, 3.05) is 6.16 Å². The van der Waals surface area contributed by atoms with Crippen LogP contribution < -0.4 is 11.1 Å².